The molecule has 6 heteroatoms. The van der Waals surface area contributed by atoms with Crippen LogP contribution in [0, 0.1) is 0 Å². The number of nitrogens with zero attached hydrogens (tertiary/aromatic N) is 1. The van der Waals surface area contributed by atoms with Gasteiger partial charge in [-0.25, -0.2) is 0 Å². The Morgan fingerprint density at radius 2 is 1.85 bits per heavy atom. The van der Waals surface area contributed by atoms with E-state index in [4.69, 9.17) is 9.47 Å². The Balaban J connectivity index is 2.72. The summed E-state index contributed by atoms with van der Waals surface area (Å²) in [5, 5.41) is 9.39. The van der Waals surface area contributed by atoms with E-state index in [0.29, 0.717) is 35.7 Å². The zero-order valence-corrected chi connectivity index (χ0v) is 11.7. The maximum atomic E-state index is 11.8. The lowest BCUT2D eigenvalue weighted by atomic mass is 9.88. The predicted molar refractivity (Wildman–Crippen MR) is 72.6 cm³/mol. The normalized spacial score (nSPS) is 17.4. The molecule has 1 aliphatic rings. The van der Waals surface area contributed by atoms with E-state index in [1.165, 1.54) is 26.0 Å². The van der Waals surface area contributed by atoms with Crippen molar-refractivity contribution in [3.63, 3.8) is 0 Å². The summed E-state index contributed by atoms with van der Waals surface area (Å²) < 4.78 is 10.5. The van der Waals surface area contributed by atoms with Crippen LogP contribution in [0.1, 0.15) is 24.8 Å². The molecule has 0 bridgehead atoms. The third-order valence-corrected chi connectivity index (χ3v) is 3.52. The molecule has 0 aromatic heterocycles. The van der Waals surface area contributed by atoms with Gasteiger partial charge >= 0.3 is 5.97 Å². The van der Waals surface area contributed by atoms with Crippen LogP contribution in [0.25, 0.3) is 0 Å². The summed E-state index contributed by atoms with van der Waals surface area (Å²) in [5.41, 5.74) is 0.999. The number of carbonyl (C=O) groups excluding carboxylic acids is 1. The number of ether oxygens (including phenoxy) is 2. The molecule has 1 aromatic rings. The van der Waals surface area contributed by atoms with Crippen molar-refractivity contribution in [3.05, 3.63) is 17.7 Å². The van der Waals surface area contributed by atoms with Crippen LogP contribution in [-0.2, 0) is 9.59 Å². The first-order chi connectivity index (χ1) is 9.51. The number of hydrogen-bond acceptors (Lipinski definition) is 4. The van der Waals surface area contributed by atoms with Crippen LogP contribution in [0.4, 0.5) is 5.69 Å². The van der Waals surface area contributed by atoms with Crippen molar-refractivity contribution >= 4 is 17.6 Å². The fraction of sp³-hybridized carbons (Fsp3) is 0.429. The van der Waals surface area contributed by atoms with Crippen LogP contribution < -0.4 is 14.4 Å². The van der Waals surface area contributed by atoms with E-state index in [0.717, 1.165) is 0 Å². The number of methoxy groups -OCH3 is 2. The lowest BCUT2D eigenvalue weighted by Gasteiger charge is -2.34. The Labute approximate surface area is 116 Å². The molecule has 1 amide bonds. The van der Waals surface area contributed by atoms with E-state index >= 15 is 0 Å². The molecule has 1 heterocycles. The van der Waals surface area contributed by atoms with Gasteiger partial charge in [0.2, 0.25) is 5.91 Å². The smallest absolute Gasteiger partial charge is 0.311 e. The number of hydrogen-bond donors (Lipinski definition) is 1. The number of amides is 1. The molecule has 1 unspecified atom stereocenters. The first-order valence-corrected chi connectivity index (χ1v) is 6.27. The van der Waals surface area contributed by atoms with E-state index in [1.54, 1.807) is 12.1 Å². The Kier molecular flexibility index (Phi) is 3.83. The topological polar surface area (TPSA) is 76.1 Å². The monoisotopic (exact) mass is 279 g/mol. The number of aliphatic carboxylic acids is 1. The fourth-order valence-electron chi connectivity index (χ4n) is 2.60. The van der Waals surface area contributed by atoms with Gasteiger partial charge in [-0.15, -0.1) is 0 Å². The minimum Gasteiger partial charge on any atom is -0.496 e. The molecule has 6 nitrogen and oxygen atoms in total. The second-order valence-electron chi connectivity index (χ2n) is 4.58. The molecular formula is C14H17NO5. The van der Waals surface area contributed by atoms with Gasteiger partial charge in [0.05, 0.1) is 25.8 Å². The van der Waals surface area contributed by atoms with Crippen molar-refractivity contribution in [1.29, 1.82) is 0 Å². The van der Waals surface area contributed by atoms with Gasteiger partial charge in [0.25, 0.3) is 0 Å². The molecule has 1 aromatic carbocycles. The highest BCUT2D eigenvalue weighted by molar-refractivity contribution is 5.97. The van der Waals surface area contributed by atoms with Crippen molar-refractivity contribution < 1.29 is 24.2 Å². The molecular weight excluding hydrogens is 262 g/mol. The summed E-state index contributed by atoms with van der Waals surface area (Å²) in [6.45, 7) is 1.80. The molecule has 1 N–H and O–H groups in total. The van der Waals surface area contributed by atoms with Gasteiger partial charge < -0.3 is 19.5 Å². The number of fused-ring (bicyclic) bond motifs is 1. The lowest BCUT2D eigenvalue weighted by molar-refractivity contribution is -0.139. The largest absolute Gasteiger partial charge is 0.496 e. The molecule has 0 radical (unpaired) electrons. The molecule has 108 valence electrons. The van der Waals surface area contributed by atoms with Gasteiger partial charge in [-0.05, 0) is 18.6 Å². The van der Waals surface area contributed by atoms with Gasteiger partial charge in [0.15, 0.2) is 0 Å². The van der Waals surface area contributed by atoms with Crippen LogP contribution in [0.3, 0.4) is 0 Å². The quantitative estimate of drug-likeness (QED) is 0.910. The van der Waals surface area contributed by atoms with Gasteiger partial charge in [-0.3, -0.25) is 9.59 Å². The minimum atomic E-state index is -0.930. The molecule has 0 aliphatic carbocycles. The van der Waals surface area contributed by atoms with Crippen LogP contribution in [0.5, 0.6) is 11.5 Å². The highest BCUT2D eigenvalue weighted by Gasteiger charge is 2.36. The minimum absolute atomic E-state index is 0.151. The Morgan fingerprint density at radius 3 is 2.35 bits per heavy atom. The van der Waals surface area contributed by atoms with Crippen molar-refractivity contribution in [1.82, 2.24) is 0 Å². The molecule has 0 saturated carbocycles. The van der Waals surface area contributed by atoms with E-state index in [-0.39, 0.29) is 5.91 Å². The van der Waals surface area contributed by atoms with Crippen LogP contribution in [0.2, 0.25) is 0 Å². The standard InChI is InChI=1S/C14H17NO5/c1-8(16)15-7-6-9(14(17)18)12-10(19-2)4-5-11(20-3)13(12)15/h4-5,9H,6-7H2,1-3H3,(H,17,18). The van der Waals surface area contributed by atoms with Crippen LogP contribution in [0.15, 0.2) is 12.1 Å². The first-order valence-electron chi connectivity index (χ1n) is 6.27. The molecule has 1 atom stereocenters. The van der Waals surface area contributed by atoms with Crippen LogP contribution in [-0.4, -0.2) is 37.7 Å². The zero-order valence-electron chi connectivity index (χ0n) is 11.7. The average Bonchev–Trinajstić information content (AvgIpc) is 2.44. The zero-order chi connectivity index (χ0) is 14.9. The van der Waals surface area contributed by atoms with Crippen molar-refractivity contribution in [2.45, 2.75) is 19.3 Å². The van der Waals surface area contributed by atoms with Crippen molar-refractivity contribution in [3.8, 4) is 11.5 Å². The predicted octanol–water partition coefficient (Wildman–Crippen LogP) is 1.63. The Morgan fingerprint density at radius 1 is 1.25 bits per heavy atom. The van der Waals surface area contributed by atoms with Gasteiger partial charge in [-0.1, -0.05) is 0 Å². The van der Waals surface area contributed by atoms with Crippen molar-refractivity contribution in [2.24, 2.45) is 0 Å². The second-order valence-corrected chi connectivity index (χ2v) is 4.58. The molecule has 0 fully saturated rings. The maximum absolute atomic E-state index is 11.8. The van der Waals surface area contributed by atoms with E-state index in [2.05, 4.69) is 0 Å². The summed E-state index contributed by atoms with van der Waals surface area (Å²) in [7, 11) is 2.97. The second kappa shape index (κ2) is 5.40. The molecule has 2 rings (SSSR count). The van der Waals surface area contributed by atoms with Crippen LogP contribution >= 0.6 is 0 Å². The average molecular weight is 279 g/mol. The summed E-state index contributed by atoms with van der Waals surface area (Å²) in [6.07, 6.45) is 0.353. The van der Waals surface area contributed by atoms with E-state index in [1.807, 2.05) is 0 Å². The van der Waals surface area contributed by atoms with Gasteiger partial charge in [-0.2, -0.15) is 0 Å². The molecule has 1 aliphatic heterocycles. The highest BCUT2D eigenvalue weighted by Crippen LogP contribution is 2.46. The number of carboxylic acid groups (broad SMARTS) is 1. The Bertz CT molecular complexity index is 506. The summed E-state index contributed by atoms with van der Waals surface area (Å²) >= 11 is 0. The molecule has 0 saturated heterocycles. The first kappa shape index (κ1) is 14.2. The van der Waals surface area contributed by atoms with Gasteiger partial charge in [0, 0.05) is 19.0 Å². The number of anilines is 1. The van der Waals surface area contributed by atoms with E-state index < -0.39 is 11.9 Å². The summed E-state index contributed by atoms with van der Waals surface area (Å²) in [6, 6.07) is 3.34. The maximum Gasteiger partial charge on any atom is 0.311 e. The molecule has 20 heavy (non-hydrogen) atoms. The third kappa shape index (κ3) is 2.17. The number of carbonyl (C=O) groups is 2. The molecule has 0 spiro atoms. The Hall–Kier alpha value is -2.24. The fourth-order valence-corrected chi connectivity index (χ4v) is 2.60. The summed E-state index contributed by atoms with van der Waals surface area (Å²) in [5.74, 6) is -0.852. The van der Waals surface area contributed by atoms with Gasteiger partial charge in [0.1, 0.15) is 11.5 Å². The third-order valence-electron chi connectivity index (χ3n) is 3.52. The lowest BCUT2D eigenvalue weighted by Crippen LogP contribution is -2.37. The number of carboxylic acids is 1. The summed E-state index contributed by atoms with van der Waals surface area (Å²) in [4.78, 5) is 24.8. The highest BCUT2D eigenvalue weighted by atomic mass is 16.5. The number of benzene rings is 1. The SMILES string of the molecule is COc1ccc(OC)c2c1C(C(=O)O)CCN2C(C)=O. The number of rotatable bonds is 3. The van der Waals surface area contributed by atoms with E-state index in [9.17, 15) is 14.7 Å². The van der Waals surface area contributed by atoms with Crippen molar-refractivity contribution in [2.75, 3.05) is 25.7 Å².